The highest BCUT2D eigenvalue weighted by atomic mass is 16.5. The fourth-order valence-electron chi connectivity index (χ4n) is 2.29. The summed E-state index contributed by atoms with van der Waals surface area (Å²) in [6, 6.07) is 0. The molecule has 1 N–H and O–H groups in total. The van der Waals surface area contributed by atoms with Gasteiger partial charge in [-0.25, -0.2) is 4.79 Å². The molecule has 4 heteroatoms. The third-order valence-electron chi connectivity index (χ3n) is 3.06. The summed E-state index contributed by atoms with van der Waals surface area (Å²) in [5.74, 6) is -0.0880. The number of rotatable bonds is 5. The molecule has 1 atom stereocenters. The van der Waals surface area contributed by atoms with E-state index in [1.54, 1.807) is 0 Å². The number of nitrogens with zero attached hydrogens (tertiary/aromatic N) is 1. The van der Waals surface area contributed by atoms with E-state index in [2.05, 4.69) is 24.2 Å². The van der Waals surface area contributed by atoms with Crippen LogP contribution in [0.25, 0.3) is 0 Å². The molecule has 0 bridgehead atoms. The minimum atomic E-state index is -0.473. The monoisotopic (exact) mass is 228 g/mol. The number of esters is 1. The zero-order valence-corrected chi connectivity index (χ0v) is 10.7. The number of likely N-dealkylation sites (N-methyl/N-ethyl adjacent to an activating group) is 1. The van der Waals surface area contributed by atoms with E-state index < -0.39 is 5.54 Å². The van der Waals surface area contributed by atoms with Gasteiger partial charge in [0.2, 0.25) is 0 Å². The molecule has 0 aromatic heterocycles. The average molecular weight is 228 g/mol. The summed E-state index contributed by atoms with van der Waals surface area (Å²) in [5.41, 5.74) is -0.473. The van der Waals surface area contributed by atoms with Crippen molar-refractivity contribution in [3.8, 4) is 0 Å². The van der Waals surface area contributed by atoms with Gasteiger partial charge in [0.25, 0.3) is 0 Å². The number of hydrogen-bond donors (Lipinski definition) is 1. The molecular formula is C12H24N2O2. The van der Waals surface area contributed by atoms with Crippen molar-refractivity contribution >= 4 is 5.97 Å². The summed E-state index contributed by atoms with van der Waals surface area (Å²) < 4.78 is 5.20. The van der Waals surface area contributed by atoms with Crippen molar-refractivity contribution in [2.75, 3.05) is 33.3 Å². The highest BCUT2D eigenvalue weighted by Crippen LogP contribution is 2.22. The minimum absolute atomic E-state index is 0.0880. The first-order valence-corrected chi connectivity index (χ1v) is 6.25. The van der Waals surface area contributed by atoms with E-state index in [0.717, 1.165) is 38.9 Å². The lowest BCUT2D eigenvalue weighted by atomic mass is 9.89. The van der Waals surface area contributed by atoms with Crippen molar-refractivity contribution in [3.05, 3.63) is 0 Å². The second-order valence-electron chi connectivity index (χ2n) is 4.57. The smallest absolute Gasteiger partial charge is 0.327 e. The molecule has 0 aliphatic carbocycles. The summed E-state index contributed by atoms with van der Waals surface area (Å²) in [6.45, 7) is 7.11. The van der Waals surface area contributed by atoms with E-state index in [1.165, 1.54) is 0 Å². The molecule has 1 rings (SSSR count). The maximum atomic E-state index is 12.1. The number of ether oxygens (including phenoxy) is 1. The van der Waals surface area contributed by atoms with Gasteiger partial charge in [0.05, 0.1) is 6.61 Å². The van der Waals surface area contributed by atoms with Gasteiger partial charge in [-0.2, -0.15) is 0 Å². The molecule has 16 heavy (non-hydrogen) atoms. The van der Waals surface area contributed by atoms with Crippen molar-refractivity contribution in [1.29, 1.82) is 0 Å². The number of nitrogens with one attached hydrogen (secondary N) is 1. The lowest BCUT2D eigenvalue weighted by Gasteiger charge is -2.40. The van der Waals surface area contributed by atoms with E-state index in [1.807, 2.05) is 6.92 Å². The van der Waals surface area contributed by atoms with Gasteiger partial charge in [-0.1, -0.05) is 6.92 Å². The summed E-state index contributed by atoms with van der Waals surface area (Å²) in [7, 11) is 2.06. The van der Waals surface area contributed by atoms with Gasteiger partial charge in [0.1, 0.15) is 5.54 Å². The van der Waals surface area contributed by atoms with Gasteiger partial charge >= 0.3 is 5.97 Å². The standard InChI is InChI=1S/C12H24N2O2/c1-4-8-13-12(11(15)16-5-2)7-6-9-14(3)10-12/h13H,4-10H2,1-3H3. The average Bonchev–Trinajstić information content (AvgIpc) is 2.27. The molecular weight excluding hydrogens is 204 g/mol. The zero-order valence-electron chi connectivity index (χ0n) is 10.7. The number of likely N-dealkylation sites (tertiary alicyclic amines) is 1. The molecule has 1 saturated heterocycles. The fourth-order valence-corrected chi connectivity index (χ4v) is 2.29. The van der Waals surface area contributed by atoms with Crippen LogP contribution in [0.15, 0.2) is 0 Å². The van der Waals surface area contributed by atoms with Crippen LogP contribution in [0.2, 0.25) is 0 Å². The number of piperidine rings is 1. The molecule has 0 aromatic carbocycles. The van der Waals surface area contributed by atoms with Crippen molar-refractivity contribution in [1.82, 2.24) is 10.2 Å². The van der Waals surface area contributed by atoms with Crippen molar-refractivity contribution in [3.63, 3.8) is 0 Å². The Bertz CT molecular complexity index is 233. The van der Waals surface area contributed by atoms with Crippen molar-refractivity contribution in [2.24, 2.45) is 0 Å². The Labute approximate surface area is 98.3 Å². The molecule has 0 spiro atoms. The normalized spacial score (nSPS) is 26.7. The van der Waals surface area contributed by atoms with Crippen LogP contribution in [-0.4, -0.2) is 49.7 Å². The van der Waals surface area contributed by atoms with Gasteiger partial charge in [0.15, 0.2) is 0 Å². The van der Waals surface area contributed by atoms with Crippen LogP contribution in [0.4, 0.5) is 0 Å². The van der Waals surface area contributed by atoms with E-state index >= 15 is 0 Å². The Morgan fingerprint density at radius 3 is 2.81 bits per heavy atom. The molecule has 94 valence electrons. The largest absolute Gasteiger partial charge is 0.465 e. The molecule has 1 unspecified atom stereocenters. The lowest BCUT2D eigenvalue weighted by molar-refractivity contribution is -0.153. The highest BCUT2D eigenvalue weighted by molar-refractivity contribution is 5.81. The van der Waals surface area contributed by atoms with Crippen LogP contribution in [0, 0.1) is 0 Å². The third kappa shape index (κ3) is 3.19. The lowest BCUT2D eigenvalue weighted by Crippen LogP contribution is -2.61. The molecule has 1 aliphatic heterocycles. The third-order valence-corrected chi connectivity index (χ3v) is 3.06. The van der Waals surface area contributed by atoms with Crippen LogP contribution >= 0.6 is 0 Å². The highest BCUT2D eigenvalue weighted by Gasteiger charge is 2.42. The second kappa shape index (κ2) is 6.21. The van der Waals surface area contributed by atoms with Crippen LogP contribution in [-0.2, 0) is 9.53 Å². The van der Waals surface area contributed by atoms with Crippen molar-refractivity contribution in [2.45, 2.75) is 38.6 Å². The van der Waals surface area contributed by atoms with E-state index in [4.69, 9.17) is 4.74 Å². The SMILES string of the molecule is CCCNC1(C(=O)OCC)CCCN(C)C1. The van der Waals surface area contributed by atoms with Crippen LogP contribution < -0.4 is 5.32 Å². The maximum Gasteiger partial charge on any atom is 0.327 e. The number of carbonyl (C=O) groups is 1. The first-order chi connectivity index (χ1) is 7.64. The summed E-state index contributed by atoms with van der Waals surface area (Å²) in [6.07, 6.45) is 2.97. The van der Waals surface area contributed by atoms with Crippen LogP contribution in [0.1, 0.15) is 33.1 Å². The first-order valence-electron chi connectivity index (χ1n) is 6.25. The van der Waals surface area contributed by atoms with Crippen molar-refractivity contribution < 1.29 is 9.53 Å². The molecule has 0 radical (unpaired) electrons. The quantitative estimate of drug-likeness (QED) is 0.713. The zero-order chi connectivity index (χ0) is 12.0. The maximum absolute atomic E-state index is 12.1. The molecule has 4 nitrogen and oxygen atoms in total. The molecule has 0 aromatic rings. The van der Waals surface area contributed by atoms with Gasteiger partial charge < -0.3 is 15.0 Å². The van der Waals surface area contributed by atoms with E-state index in [9.17, 15) is 4.79 Å². The fraction of sp³-hybridized carbons (Fsp3) is 0.917. The van der Waals surface area contributed by atoms with Gasteiger partial charge in [-0.05, 0) is 46.3 Å². The Morgan fingerprint density at radius 1 is 1.50 bits per heavy atom. The first kappa shape index (κ1) is 13.5. The van der Waals surface area contributed by atoms with Crippen LogP contribution in [0.3, 0.4) is 0 Å². The minimum Gasteiger partial charge on any atom is -0.465 e. The summed E-state index contributed by atoms with van der Waals surface area (Å²) >= 11 is 0. The van der Waals surface area contributed by atoms with Gasteiger partial charge in [-0.3, -0.25) is 0 Å². The summed E-state index contributed by atoms with van der Waals surface area (Å²) in [5, 5.41) is 3.38. The Morgan fingerprint density at radius 2 is 2.25 bits per heavy atom. The predicted octanol–water partition coefficient (Wildman–Crippen LogP) is 1.01. The Hall–Kier alpha value is -0.610. The molecule has 0 amide bonds. The second-order valence-corrected chi connectivity index (χ2v) is 4.57. The Balaban J connectivity index is 2.70. The Kier molecular flexibility index (Phi) is 5.22. The van der Waals surface area contributed by atoms with Gasteiger partial charge in [0, 0.05) is 6.54 Å². The number of carbonyl (C=O) groups excluding carboxylic acids is 1. The van der Waals surface area contributed by atoms with E-state index in [-0.39, 0.29) is 5.97 Å². The number of hydrogen-bond acceptors (Lipinski definition) is 4. The van der Waals surface area contributed by atoms with E-state index in [0.29, 0.717) is 6.61 Å². The molecule has 0 saturated carbocycles. The van der Waals surface area contributed by atoms with Crippen LogP contribution in [0.5, 0.6) is 0 Å². The predicted molar refractivity (Wildman–Crippen MR) is 64.4 cm³/mol. The molecule has 1 aliphatic rings. The topological polar surface area (TPSA) is 41.6 Å². The van der Waals surface area contributed by atoms with Gasteiger partial charge in [-0.15, -0.1) is 0 Å². The summed E-state index contributed by atoms with van der Waals surface area (Å²) in [4.78, 5) is 14.3. The molecule has 1 heterocycles. The molecule has 1 fully saturated rings.